The molecule has 0 spiro atoms. The van der Waals surface area contributed by atoms with Gasteiger partial charge in [0, 0.05) is 50.9 Å². The summed E-state index contributed by atoms with van der Waals surface area (Å²) >= 11 is 1.95. The number of ether oxygens (including phenoxy) is 1. The zero-order valence-corrected chi connectivity index (χ0v) is 14.9. The number of nitrogens with zero attached hydrogens (tertiary/aromatic N) is 2. The molecule has 0 aromatic rings. The molecule has 0 aromatic carbocycles. The van der Waals surface area contributed by atoms with Crippen LogP contribution >= 0.6 is 11.8 Å². The Hall–Kier alpha value is -0.750. The van der Waals surface area contributed by atoms with Crippen LogP contribution in [0.2, 0.25) is 0 Å². The van der Waals surface area contributed by atoms with Gasteiger partial charge in [0.05, 0.1) is 6.10 Å². The number of rotatable bonds is 4. The van der Waals surface area contributed by atoms with Gasteiger partial charge >= 0.3 is 0 Å². The van der Waals surface area contributed by atoms with Crippen molar-refractivity contribution >= 4 is 23.6 Å². The van der Waals surface area contributed by atoms with Crippen molar-refractivity contribution in [1.29, 1.82) is 0 Å². The molecule has 0 N–H and O–H groups in total. The molecule has 3 aliphatic heterocycles. The van der Waals surface area contributed by atoms with Gasteiger partial charge in [0.25, 0.3) is 0 Å². The van der Waals surface area contributed by atoms with Gasteiger partial charge in [0.2, 0.25) is 11.8 Å². The molecule has 3 rings (SSSR count). The largest absolute Gasteiger partial charge is 0.376 e. The Balaban J connectivity index is 1.61. The monoisotopic (exact) mass is 340 g/mol. The van der Waals surface area contributed by atoms with Crippen molar-refractivity contribution in [3.05, 3.63) is 0 Å². The summed E-state index contributed by atoms with van der Waals surface area (Å²) < 4.78 is 5.78. The van der Waals surface area contributed by atoms with Crippen LogP contribution in [0.1, 0.15) is 39.0 Å². The van der Waals surface area contributed by atoms with Crippen LogP contribution in [0, 0.1) is 5.92 Å². The molecule has 0 unspecified atom stereocenters. The Labute approximate surface area is 143 Å². The van der Waals surface area contributed by atoms with Crippen molar-refractivity contribution < 1.29 is 14.3 Å². The van der Waals surface area contributed by atoms with Crippen molar-refractivity contribution in [1.82, 2.24) is 9.80 Å². The molecule has 130 valence electrons. The van der Waals surface area contributed by atoms with Crippen LogP contribution in [0.15, 0.2) is 0 Å². The Morgan fingerprint density at radius 2 is 2.00 bits per heavy atom. The molecule has 23 heavy (non-hydrogen) atoms. The minimum Gasteiger partial charge on any atom is -0.376 e. The Kier molecular flexibility index (Phi) is 5.85. The summed E-state index contributed by atoms with van der Waals surface area (Å²) in [5.74, 6) is 2.72. The highest BCUT2D eigenvalue weighted by Gasteiger charge is 2.35. The second kappa shape index (κ2) is 7.88. The third-order valence-electron chi connectivity index (χ3n) is 5.34. The quantitative estimate of drug-likeness (QED) is 0.782. The van der Waals surface area contributed by atoms with E-state index in [1.165, 1.54) is 0 Å². The van der Waals surface area contributed by atoms with E-state index in [1.54, 1.807) is 6.92 Å². The van der Waals surface area contributed by atoms with Crippen molar-refractivity contribution in [2.45, 2.75) is 51.2 Å². The molecule has 0 bridgehead atoms. The van der Waals surface area contributed by atoms with Crippen LogP contribution in [0.25, 0.3) is 0 Å². The van der Waals surface area contributed by atoms with Crippen LogP contribution in [0.5, 0.6) is 0 Å². The topological polar surface area (TPSA) is 49.9 Å². The molecule has 2 atom stereocenters. The summed E-state index contributed by atoms with van der Waals surface area (Å²) in [5.41, 5.74) is 0. The highest BCUT2D eigenvalue weighted by molar-refractivity contribution is 7.99. The molecule has 3 aliphatic rings. The average Bonchev–Trinajstić information content (AvgIpc) is 3.25. The lowest BCUT2D eigenvalue weighted by Crippen LogP contribution is -2.49. The van der Waals surface area contributed by atoms with Crippen molar-refractivity contribution in [3.63, 3.8) is 0 Å². The fourth-order valence-electron chi connectivity index (χ4n) is 3.87. The van der Waals surface area contributed by atoms with Crippen molar-refractivity contribution in [2.24, 2.45) is 5.92 Å². The molecule has 0 aromatic heterocycles. The predicted molar refractivity (Wildman–Crippen MR) is 91.4 cm³/mol. The zero-order chi connectivity index (χ0) is 16.2. The molecule has 2 amide bonds. The first-order valence-corrected chi connectivity index (χ1v) is 10.1. The first-order valence-electron chi connectivity index (χ1n) is 8.90. The van der Waals surface area contributed by atoms with Crippen LogP contribution in [-0.2, 0) is 14.3 Å². The van der Waals surface area contributed by atoms with Gasteiger partial charge in [-0.25, -0.2) is 0 Å². The summed E-state index contributed by atoms with van der Waals surface area (Å²) in [7, 11) is 0. The summed E-state index contributed by atoms with van der Waals surface area (Å²) in [5, 5.41) is 0. The van der Waals surface area contributed by atoms with E-state index in [0.29, 0.717) is 11.9 Å². The number of thioether (sulfide) groups is 1. The van der Waals surface area contributed by atoms with Crippen molar-refractivity contribution in [2.75, 3.05) is 37.7 Å². The average molecular weight is 340 g/mol. The van der Waals surface area contributed by atoms with E-state index in [9.17, 15) is 9.59 Å². The number of amides is 2. The second-order valence-corrected chi connectivity index (χ2v) is 8.07. The number of hydrogen-bond donors (Lipinski definition) is 0. The maximum absolute atomic E-state index is 13.1. The van der Waals surface area contributed by atoms with Gasteiger partial charge in [-0.05, 0) is 37.9 Å². The van der Waals surface area contributed by atoms with Gasteiger partial charge in [0.15, 0.2) is 0 Å². The molecule has 6 heteroatoms. The smallest absolute Gasteiger partial charge is 0.226 e. The Morgan fingerprint density at radius 1 is 1.22 bits per heavy atom. The summed E-state index contributed by atoms with van der Waals surface area (Å²) in [6.07, 6.45) is 5.13. The van der Waals surface area contributed by atoms with Crippen molar-refractivity contribution in [3.8, 4) is 0 Å². The maximum atomic E-state index is 13.1. The Morgan fingerprint density at radius 3 is 2.57 bits per heavy atom. The zero-order valence-electron chi connectivity index (χ0n) is 14.0. The summed E-state index contributed by atoms with van der Waals surface area (Å²) in [4.78, 5) is 28.6. The maximum Gasteiger partial charge on any atom is 0.226 e. The van der Waals surface area contributed by atoms with Crippen LogP contribution in [-0.4, -0.2) is 71.5 Å². The molecule has 3 heterocycles. The fraction of sp³-hybridized carbons (Fsp3) is 0.882. The van der Waals surface area contributed by atoms with E-state index in [0.717, 1.165) is 69.9 Å². The van der Waals surface area contributed by atoms with Crippen LogP contribution < -0.4 is 0 Å². The third kappa shape index (κ3) is 4.21. The standard InChI is InChI=1S/C17H28N2O3S/c1-13(20)18-7-4-14(5-8-18)17(21)19(15-6-10-23-12-15)11-16-3-2-9-22-16/h14-16H,2-12H2,1H3/t15-,16-/m0/s1. The van der Waals surface area contributed by atoms with E-state index in [2.05, 4.69) is 4.90 Å². The lowest BCUT2D eigenvalue weighted by Gasteiger charge is -2.37. The van der Waals surface area contributed by atoms with E-state index < -0.39 is 0 Å². The van der Waals surface area contributed by atoms with Gasteiger partial charge in [-0.1, -0.05) is 0 Å². The predicted octanol–water partition coefficient (Wildman–Crippen LogP) is 1.76. The van der Waals surface area contributed by atoms with E-state index in [1.807, 2.05) is 16.7 Å². The normalized spacial score (nSPS) is 29.0. The first kappa shape index (κ1) is 17.1. The number of piperidine rings is 1. The highest BCUT2D eigenvalue weighted by Crippen LogP contribution is 2.28. The number of carbonyl (C=O) groups is 2. The van der Waals surface area contributed by atoms with Gasteiger partial charge in [-0.3, -0.25) is 9.59 Å². The molecular formula is C17H28N2O3S. The third-order valence-corrected chi connectivity index (χ3v) is 6.49. The SMILES string of the molecule is CC(=O)N1CCC(C(=O)N(C[C@@H]2CCCO2)[C@H]2CCSC2)CC1. The molecule has 3 fully saturated rings. The minimum absolute atomic E-state index is 0.0811. The van der Waals surface area contributed by atoms with Crippen LogP contribution in [0.3, 0.4) is 0 Å². The van der Waals surface area contributed by atoms with Gasteiger partial charge in [-0.15, -0.1) is 0 Å². The summed E-state index contributed by atoms with van der Waals surface area (Å²) in [6, 6.07) is 0.377. The van der Waals surface area contributed by atoms with Crippen LogP contribution in [0.4, 0.5) is 0 Å². The second-order valence-electron chi connectivity index (χ2n) is 6.92. The molecule has 3 saturated heterocycles. The van der Waals surface area contributed by atoms with Gasteiger partial charge < -0.3 is 14.5 Å². The Bertz CT molecular complexity index is 426. The number of likely N-dealkylation sites (tertiary alicyclic amines) is 1. The van der Waals surface area contributed by atoms with E-state index >= 15 is 0 Å². The molecule has 5 nitrogen and oxygen atoms in total. The highest BCUT2D eigenvalue weighted by atomic mass is 32.2. The van der Waals surface area contributed by atoms with Gasteiger partial charge in [0.1, 0.15) is 0 Å². The van der Waals surface area contributed by atoms with E-state index in [4.69, 9.17) is 4.74 Å². The van der Waals surface area contributed by atoms with Gasteiger partial charge in [-0.2, -0.15) is 11.8 Å². The molecular weight excluding hydrogens is 312 g/mol. The molecule has 0 aliphatic carbocycles. The minimum atomic E-state index is 0.0811. The van der Waals surface area contributed by atoms with E-state index in [-0.39, 0.29) is 17.9 Å². The first-order chi connectivity index (χ1) is 11.1. The number of hydrogen-bond acceptors (Lipinski definition) is 4. The number of carbonyl (C=O) groups excluding carboxylic acids is 2. The fourth-order valence-corrected chi connectivity index (χ4v) is 5.09. The lowest BCUT2D eigenvalue weighted by molar-refractivity contribution is -0.143. The summed E-state index contributed by atoms with van der Waals surface area (Å²) in [6.45, 7) is 4.65. The molecule has 0 saturated carbocycles. The molecule has 0 radical (unpaired) electrons. The lowest BCUT2D eigenvalue weighted by atomic mass is 9.94.